The summed E-state index contributed by atoms with van der Waals surface area (Å²) in [6.07, 6.45) is 0. The van der Waals surface area contributed by atoms with Gasteiger partial charge in [-0.1, -0.05) is 23.7 Å². The highest BCUT2D eigenvalue weighted by atomic mass is 35.5. The second-order valence-electron chi connectivity index (χ2n) is 3.21. The molecule has 1 aromatic carbocycles. The molecule has 0 fully saturated rings. The second-order valence-corrected chi connectivity index (χ2v) is 3.57. The van der Waals surface area contributed by atoms with Crippen molar-refractivity contribution in [3.05, 3.63) is 46.9 Å². The van der Waals surface area contributed by atoms with Crippen LogP contribution in [0.25, 0.3) is 11.3 Å². The Bertz CT molecular complexity index is 500. The summed E-state index contributed by atoms with van der Waals surface area (Å²) in [5.74, 6) is -0.290. The first-order valence-corrected chi connectivity index (χ1v) is 4.80. The predicted molar refractivity (Wildman–Crippen MR) is 57.2 cm³/mol. The van der Waals surface area contributed by atoms with Gasteiger partial charge in [0.2, 0.25) is 0 Å². The third-order valence-electron chi connectivity index (χ3n) is 2.04. The molecular weight excluding hydrogens is 215 g/mol. The molecule has 76 valence electrons. The Kier molecular flexibility index (Phi) is 2.64. The van der Waals surface area contributed by atoms with E-state index in [4.69, 9.17) is 11.6 Å². The fourth-order valence-electron chi connectivity index (χ4n) is 1.26. The molecule has 2 aromatic rings. The maximum atomic E-state index is 13.0. The largest absolute Gasteiger partial charge is 0.207 e. The molecule has 1 heterocycles. The minimum Gasteiger partial charge on any atom is -0.207 e. The van der Waals surface area contributed by atoms with Crippen LogP contribution in [0.1, 0.15) is 5.56 Å². The number of hydrogen-bond acceptors (Lipinski definition) is 2. The smallest absolute Gasteiger partial charge is 0.154 e. The first kappa shape index (κ1) is 10.1. The van der Waals surface area contributed by atoms with Crippen LogP contribution >= 0.6 is 11.6 Å². The topological polar surface area (TPSA) is 25.8 Å². The highest BCUT2D eigenvalue weighted by molar-refractivity contribution is 6.30. The van der Waals surface area contributed by atoms with E-state index < -0.39 is 0 Å². The Labute approximate surface area is 91.7 Å². The van der Waals surface area contributed by atoms with Gasteiger partial charge >= 0.3 is 0 Å². The molecule has 0 aliphatic heterocycles. The van der Waals surface area contributed by atoms with Crippen LogP contribution in [0.15, 0.2) is 30.3 Å². The number of halogens is 2. The fourth-order valence-corrected chi connectivity index (χ4v) is 1.35. The second kappa shape index (κ2) is 3.95. The monoisotopic (exact) mass is 222 g/mol. The fraction of sp³-hybridized carbons (Fsp3) is 0.0909. The average molecular weight is 223 g/mol. The zero-order valence-electron chi connectivity index (χ0n) is 8.04. The van der Waals surface area contributed by atoms with Gasteiger partial charge in [0.15, 0.2) is 5.15 Å². The van der Waals surface area contributed by atoms with E-state index in [-0.39, 0.29) is 5.82 Å². The van der Waals surface area contributed by atoms with Crippen LogP contribution in [0.4, 0.5) is 4.39 Å². The standard InChI is InChI=1S/C11H8ClFN2/c1-7-5-10(14-15-11(7)12)8-3-2-4-9(13)6-8/h2-6H,1H3. The number of nitrogens with zero attached hydrogens (tertiary/aromatic N) is 2. The molecule has 2 nitrogen and oxygen atoms in total. The summed E-state index contributed by atoms with van der Waals surface area (Å²) >= 11 is 5.75. The molecule has 0 spiro atoms. The Morgan fingerprint density at radius 1 is 1.20 bits per heavy atom. The van der Waals surface area contributed by atoms with Crippen molar-refractivity contribution in [2.75, 3.05) is 0 Å². The van der Waals surface area contributed by atoms with Crippen molar-refractivity contribution >= 4 is 11.6 Å². The number of rotatable bonds is 1. The number of aryl methyl sites for hydroxylation is 1. The van der Waals surface area contributed by atoms with Crippen molar-refractivity contribution in [2.45, 2.75) is 6.92 Å². The van der Waals surface area contributed by atoms with Crippen LogP contribution in [-0.2, 0) is 0 Å². The van der Waals surface area contributed by atoms with E-state index in [2.05, 4.69) is 10.2 Å². The Morgan fingerprint density at radius 3 is 2.67 bits per heavy atom. The third-order valence-corrected chi connectivity index (χ3v) is 2.42. The Hall–Kier alpha value is -1.48. The Balaban J connectivity index is 2.50. The summed E-state index contributed by atoms with van der Waals surface area (Å²) in [4.78, 5) is 0. The van der Waals surface area contributed by atoms with E-state index in [1.165, 1.54) is 12.1 Å². The van der Waals surface area contributed by atoms with Gasteiger partial charge in [-0.25, -0.2) is 4.39 Å². The molecule has 1 aromatic heterocycles. The van der Waals surface area contributed by atoms with E-state index in [1.807, 2.05) is 6.92 Å². The molecule has 0 aliphatic rings. The number of aromatic nitrogens is 2. The minimum atomic E-state index is -0.290. The Morgan fingerprint density at radius 2 is 2.00 bits per heavy atom. The summed E-state index contributed by atoms with van der Waals surface area (Å²) < 4.78 is 13.0. The van der Waals surface area contributed by atoms with Crippen LogP contribution in [0, 0.1) is 12.7 Å². The summed E-state index contributed by atoms with van der Waals surface area (Å²) in [7, 11) is 0. The lowest BCUT2D eigenvalue weighted by Gasteiger charge is -2.01. The highest BCUT2D eigenvalue weighted by Crippen LogP contribution is 2.20. The lowest BCUT2D eigenvalue weighted by molar-refractivity contribution is 0.628. The van der Waals surface area contributed by atoms with Crippen molar-refractivity contribution in [2.24, 2.45) is 0 Å². The van der Waals surface area contributed by atoms with Gasteiger partial charge in [-0.2, -0.15) is 0 Å². The highest BCUT2D eigenvalue weighted by Gasteiger charge is 2.04. The molecule has 0 saturated carbocycles. The van der Waals surface area contributed by atoms with Crippen molar-refractivity contribution in [1.82, 2.24) is 10.2 Å². The van der Waals surface area contributed by atoms with E-state index in [9.17, 15) is 4.39 Å². The summed E-state index contributed by atoms with van der Waals surface area (Å²) in [5, 5.41) is 8.05. The molecule has 0 unspecified atom stereocenters. The van der Waals surface area contributed by atoms with Crippen LogP contribution in [0.3, 0.4) is 0 Å². The van der Waals surface area contributed by atoms with E-state index >= 15 is 0 Å². The maximum absolute atomic E-state index is 13.0. The normalized spacial score (nSPS) is 10.3. The molecule has 0 atom stereocenters. The molecule has 15 heavy (non-hydrogen) atoms. The summed E-state index contributed by atoms with van der Waals surface area (Å²) in [6.45, 7) is 1.83. The molecular formula is C11H8ClFN2. The molecule has 0 aliphatic carbocycles. The molecule has 0 radical (unpaired) electrons. The first-order valence-electron chi connectivity index (χ1n) is 4.42. The lowest BCUT2D eigenvalue weighted by Crippen LogP contribution is -1.91. The first-order chi connectivity index (χ1) is 7.16. The van der Waals surface area contributed by atoms with Gasteiger partial charge in [0, 0.05) is 5.56 Å². The van der Waals surface area contributed by atoms with Crippen LogP contribution in [0.5, 0.6) is 0 Å². The van der Waals surface area contributed by atoms with Crippen molar-refractivity contribution in [3.8, 4) is 11.3 Å². The van der Waals surface area contributed by atoms with Gasteiger partial charge in [-0.15, -0.1) is 10.2 Å². The number of benzene rings is 1. The van der Waals surface area contributed by atoms with Crippen molar-refractivity contribution < 1.29 is 4.39 Å². The van der Waals surface area contributed by atoms with Gasteiger partial charge in [-0.05, 0) is 30.7 Å². The summed E-state index contributed by atoms with van der Waals surface area (Å²) in [5.41, 5.74) is 2.14. The van der Waals surface area contributed by atoms with E-state index in [0.717, 1.165) is 5.56 Å². The van der Waals surface area contributed by atoms with Gasteiger partial charge < -0.3 is 0 Å². The van der Waals surface area contributed by atoms with Crippen LogP contribution in [-0.4, -0.2) is 10.2 Å². The zero-order chi connectivity index (χ0) is 10.8. The van der Waals surface area contributed by atoms with Crippen LogP contribution in [0.2, 0.25) is 5.15 Å². The minimum absolute atomic E-state index is 0.290. The van der Waals surface area contributed by atoms with Crippen LogP contribution < -0.4 is 0 Å². The van der Waals surface area contributed by atoms with Crippen molar-refractivity contribution in [3.63, 3.8) is 0 Å². The molecule has 0 saturated heterocycles. The molecule has 0 N–H and O–H groups in total. The van der Waals surface area contributed by atoms with E-state index in [1.54, 1.807) is 18.2 Å². The third kappa shape index (κ3) is 2.13. The quantitative estimate of drug-likeness (QED) is 0.740. The molecule has 0 bridgehead atoms. The number of hydrogen-bond donors (Lipinski definition) is 0. The van der Waals surface area contributed by atoms with Gasteiger partial charge in [0.1, 0.15) is 5.82 Å². The SMILES string of the molecule is Cc1cc(-c2cccc(F)c2)nnc1Cl. The summed E-state index contributed by atoms with van der Waals surface area (Å²) in [6, 6.07) is 8.00. The molecule has 2 rings (SSSR count). The van der Waals surface area contributed by atoms with Gasteiger partial charge in [0.05, 0.1) is 5.69 Å². The predicted octanol–water partition coefficient (Wildman–Crippen LogP) is 3.24. The molecule has 4 heteroatoms. The molecule has 0 amide bonds. The van der Waals surface area contributed by atoms with E-state index in [0.29, 0.717) is 16.4 Å². The van der Waals surface area contributed by atoms with Gasteiger partial charge in [-0.3, -0.25) is 0 Å². The maximum Gasteiger partial charge on any atom is 0.154 e. The van der Waals surface area contributed by atoms with Gasteiger partial charge in [0.25, 0.3) is 0 Å². The zero-order valence-corrected chi connectivity index (χ0v) is 8.79. The van der Waals surface area contributed by atoms with Crippen molar-refractivity contribution in [1.29, 1.82) is 0 Å². The average Bonchev–Trinajstić information content (AvgIpc) is 2.22. The lowest BCUT2D eigenvalue weighted by atomic mass is 10.1.